The van der Waals surface area contributed by atoms with Crippen molar-refractivity contribution in [3.05, 3.63) is 41.7 Å². The monoisotopic (exact) mass is 252 g/mol. The molecule has 0 unspecified atom stereocenters. The van der Waals surface area contributed by atoms with Crippen molar-refractivity contribution in [2.24, 2.45) is 0 Å². The molecule has 0 bridgehead atoms. The van der Waals surface area contributed by atoms with Crippen molar-refractivity contribution in [3.8, 4) is 0 Å². The maximum Gasteiger partial charge on any atom is 0.426 e. The first kappa shape index (κ1) is 13.7. The average Bonchev–Trinajstić information content (AvgIpc) is 2.36. The van der Waals surface area contributed by atoms with Crippen molar-refractivity contribution < 1.29 is 18.7 Å². The second-order valence-electron chi connectivity index (χ2n) is 3.22. The molecule has 0 aliphatic carbocycles. The van der Waals surface area contributed by atoms with Crippen LogP contribution in [-0.2, 0) is 9.53 Å². The lowest BCUT2D eigenvalue weighted by atomic mass is 10.2. The molecule has 0 radical (unpaired) electrons. The van der Waals surface area contributed by atoms with Crippen molar-refractivity contribution in [1.82, 2.24) is 10.9 Å². The average molecular weight is 252 g/mol. The van der Waals surface area contributed by atoms with Gasteiger partial charge in [0.2, 0.25) is 0 Å². The SMILES string of the molecule is CCOC(=O)NNC(=O)/C=C/c1ccc(F)cc1. The highest BCUT2D eigenvalue weighted by Gasteiger charge is 2.00. The summed E-state index contributed by atoms with van der Waals surface area (Å²) in [6.45, 7) is 1.86. The number of hydrogen-bond donors (Lipinski definition) is 2. The summed E-state index contributed by atoms with van der Waals surface area (Å²) in [6, 6.07) is 5.62. The van der Waals surface area contributed by atoms with Gasteiger partial charge in [-0.2, -0.15) is 0 Å². The van der Waals surface area contributed by atoms with E-state index in [1.165, 1.54) is 36.4 Å². The van der Waals surface area contributed by atoms with E-state index >= 15 is 0 Å². The van der Waals surface area contributed by atoms with Crippen LogP contribution in [0.4, 0.5) is 9.18 Å². The zero-order valence-electron chi connectivity index (χ0n) is 9.77. The van der Waals surface area contributed by atoms with E-state index in [1.807, 2.05) is 0 Å². The number of benzene rings is 1. The first-order valence-electron chi connectivity index (χ1n) is 5.28. The van der Waals surface area contributed by atoms with Gasteiger partial charge in [-0.15, -0.1) is 0 Å². The number of halogens is 1. The molecule has 0 heterocycles. The van der Waals surface area contributed by atoms with Crippen LogP contribution in [0.2, 0.25) is 0 Å². The summed E-state index contributed by atoms with van der Waals surface area (Å²) >= 11 is 0. The van der Waals surface area contributed by atoms with Gasteiger partial charge in [-0.05, 0) is 30.7 Å². The van der Waals surface area contributed by atoms with Gasteiger partial charge in [0.25, 0.3) is 5.91 Å². The van der Waals surface area contributed by atoms with Crippen LogP contribution in [0.3, 0.4) is 0 Å². The molecule has 2 N–H and O–H groups in total. The van der Waals surface area contributed by atoms with Crippen molar-refractivity contribution in [2.75, 3.05) is 6.61 Å². The molecule has 0 aliphatic rings. The molecule has 1 aromatic rings. The van der Waals surface area contributed by atoms with E-state index in [0.717, 1.165) is 0 Å². The van der Waals surface area contributed by atoms with Gasteiger partial charge in [-0.3, -0.25) is 10.2 Å². The van der Waals surface area contributed by atoms with Crippen LogP contribution in [0.15, 0.2) is 30.3 Å². The number of amides is 2. The molecule has 18 heavy (non-hydrogen) atoms. The van der Waals surface area contributed by atoms with Gasteiger partial charge in [0.15, 0.2) is 0 Å². The second kappa shape index (κ2) is 7.05. The number of carbonyl (C=O) groups excluding carboxylic acids is 2. The Morgan fingerprint density at radius 3 is 2.56 bits per heavy atom. The fraction of sp³-hybridized carbons (Fsp3) is 0.167. The van der Waals surface area contributed by atoms with E-state index in [-0.39, 0.29) is 12.4 Å². The molecule has 0 aromatic heterocycles. The van der Waals surface area contributed by atoms with Gasteiger partial charge in [0, 0.05) is 6.08 Å². The molecule has 0 spiro atoms. The first-order valence-corrected chi connectivity index (χ1v) is 5.28. The summed E-state index contributed by atoms with van der Waals surface area (Å²) < 4.78 is 17.1. The van der Waals surface area contributed by atoms with E-state index in [1.54, 1.807) is 6.92 Å². The molecule has 1 aromatic carbocycles. The lowest BCUT2D eigenvalue weighted by Crippen LogP contribution is -2.41. The zero-order chi connectivity index (χ0) is 13.4. The van der Waals surface area contributed by atoms with E-state index in [2.05, 4.69) is 15.6 Å². The quantitative estimate of drug-likeness (QED) is 0.634. The number of carbonyl (C=O) groups is 2. The Hall–Kier alpha value is -2.37. The van der Waals surface area contributed by atoms with Gasteiger partial charge in [0.05, 0.1) is 6.61 Å². The lowest BCUT2D eigenvalue weighted by Gasteiger charge is -2.04. The summed E-state index contributed by atoms with van der Waals surface area (Å²) in [5.74, 6) is -0.868. The van der Waals surface area contributed by atoms with Gasteiger partial charge in [0.1, 0.15) is 5.82 Å². The highest BCUT2D eigenvalue weighted by molar-refractivity contribution is 5.92. The van der Waals surface area contributed by atoms with Crippen LogP contribution in [0.1, 0.15) is 12.5 Å². The molecular formula is C12H13FN2O3. The summed E-state index contributed by atoms with van der Waals surface area (Å²) in [7, 11) is 0. The molecule has 0 aliphatic heterocycles. The Labute approximate surface area is 104 Å². The normalized spacial score (nSPS) is 10.1. The Morgan fingerprint density at radius 1 is 1.28 bits per heavy atom. The van der Waals surface area contributed by atoms with Crippen LogP contribution in [-0.4, -0.2) is 18.6 Å². The van der Waals surface area contributed by atoms with Crippen LogP contribution < -0.4 is 10.9 Å². The van der Waals surface area contributed by atoms with Crippen molar-refractivity contribution >= 4 is 18.1 Å². The largest absolute Gasteiger partial charge is 0.449 e. The van der Waals surface area contributed by atoms with Gasteiger partial charge in [-0.25, -0.2) is 14.6 Å². The highest BCUT2D eigenvalue weighted by Crippen LogP contribution is 2.04. The highest BCUT2D eigenvalue weighted by atomic mass is 19.1. The smallest absolute Gasteiger partial charge is 0.426 e. The number of ether oxygens (including phenoxy) is 1. The minimum absolute atomic E-state index is 0.215. The molecule has 1 rings (SSSR count). The van der Waals surface area contributed by atoms with Crippen LogP contribution >= 0.6 is 0 Å². The summed E-state index contributed by atoms with van der Waals surface area (Å²) in [6.07, 6.45) is 1.96. The first-order chi connectivity index (χ1) is 8.61. The fourth-order valence-electron chi connectivity index (χ4n) is 1.07. The minimum Gasteiger partial charge on any atom is -0.449 e. The molecule has 6 heteroatoms. The molecule has 0 fully saturated rings. The Balaban J connectivity index is 2.40. The van der Waals surface area contributed by atoms with E-state index in [0.29, 0.717) is 5.56 Å². The summed E-state index contributed by atoms with van der Waals surface area (Å²) in [5, 5.41) is 0. The van der Waals surface area contributed by atoms with E-state index < -0.39 is 12.0 Å². The van der Waals surface area contributed by atoms with E-state index in [9.17, 15) is 14.0 Å². The van der Waals surface area contributed by atoms with Crippen LogP contribution in [0, 0.1) is 5.82 Å². The van der Waals surface area contributed by atoms with Gasteiger partial charge in [-0.1, -0.05) is 12.1 Å². The van der Waals surface area contributed by atoms with Crippen molar-refractivity contribution in [1.29, 1.82) is 0 Å². The number of hydrazine groups is 1. The second-order valence-corrected chi connectivity index (χ2v) is 3.22. The third kappa shape index (κ3) is 5.11. The molecule has 0 saturated carbocycles. The summed E-state index contributed by atoms with van der Waals surface area (Å²) in [4.78, 5) is 22.1. The fourth-order valence-corrected chi connectivity index (χ4v) is 1.07. The molecule has 96 valence electrons. The van der Waals surface area contributed by atoms with Gasteiger partial charge < -0.3 is 4.74 Å². The number of hydrogen-bond acceptors (Lipinski definition) is 3. The minimum atomic E-state index is -0.735. The van der Waals surface area contributed by atoms with E-state index in [4.69, 9.17) is 0 Å². The predicted octanol–water partition coefficient (Wildman–Crippen LogP) is 1.62. The van der Waals surface area contributed by atoms with Crippen LogP contribution in [0.25, 0.3) is 6.08 Å². The standard InChI is InChI=1S/C12H13FN2O3/c1-2-18-12(17)15-14-11(16)8-5-9-3-6-10(13)7-4-9/h3-8H,2H2,1H3,(H,14,16)(H,15,17)/b8-5+. The Morgan fingerprint density at radius 2 is 1.94 bits per heavy atom. The maximum atomic E-state index is 12.6. The summed E-state index contributed by atoms with van der Waals surface area (Å²) in [5.41, 5.74) is 4.85. The topological polar surface area (TPSA) is 67.4 Å². The Bertz CT molecular complexity index is 443. The predicted molar refractivity (Wildman–Crippen MR) is 63.7 cm³/mol. The molecule has 5 nitrogen and oxygen atoms in total. The maximum absolute atomic E-state index is 12.6. The Kier molecular flexibility index (Phi) is 5.37. The van der Waals surface area contributed by atoms with Gasteiger partial charge >= 0.3 is 6.09 Å². The molecule has 0 saturated heterocycles. The third-order valence-electron chi connectivity index (χ3n) is 1.86. The molecule has 2 amide bonds. The lowest BCUT2D eigenvalue weighted by molar-refractivity contribution is -0.117. The zero-order valence-corrected chi connectivity index (χ0v) is 9.77. The van der Waals surface area contributed by atoms with Crippen molar-refractivity contribution in [2.45, 2.75) is 6.92 Å². The molecule has 0 atom stereocenters. The molecular weight excluding hydrogens is 239 g/mol. The third-order valence-corrected chi connectivity index (χ3v) is 1.86. The number of rotatable bonds is 3. The van der Waals surface area contributed by atoms with Crippen LogP contribution in [0.5, 0.6) is 0 Å². The number of nitrogens with one attached hydrogen (secondary N) is 2. The van der Waals surface area contributed by atoms with Crippen molar-refractivity contribution in [3.63, 3.8) is 0 Å².